The highest BCUT2D eigenvalue weighted by atomic mass is 16.1. The third-order valence-electron chi connectivity index (χ3n) is 3.35. The standard InChI is InChI=1S/C14H12O/c15-9-10-5-6-14-12(7-10)8-11-3-1-2-4-13(11)14/h1-5,7,9,14H,6,8H2. The number of aldehydes is 1. The van der Waals surface area contributed by atoms with Gasteiger partial charge < -0.3 is 0 Å². The zero-order chi connectivity index (χ0) is 10.3. The van der Waals surface area contributed by atoms with Gasteiger partial charge >= 0.3 is 0 Å². The Kier molecular flexibility index (Phi) is 1.84. The second kappa shape index (κ2) is 3.20. The molecule has 1 heteroatoms. The van der Waals surface area contributed by atoms with Crippen LogP contribution >= 0.6 is 0 Å². The average Bonchev–Trinajstić information content (AvgIpc) is 2.66. The van der Waals surface area contributed by atoms with Gasteiger partial charge in [0.2, 0.25) is 0 Å². The minimum atomic E-state index is 0.532. The van der Waals surface area contributed by atoms with Crippen molar-refractivity contribution in [2.75, 3.05) is 0 Å². The molecule has 0 amide bonds. The van der Waals surface area contributed by atoms with Crippen LogP contribution in [0.15, 0.2) is 47.6 Å². The number of hydrogen-bond acceptors (Lipinski definition) is 1. The predicted octanol–water partition coefficient (Wildman–Crippen LogP) is 2.78. The fourth-order valence-corrected chi connectivity index (χ4v) is 2.62. The van der Waals surface area contributed by atoms with E-state index >= 15 is 0 Å². The molecule has 0 saturated carbocycles. The summed E-state index contributed by atoms with van der Waals surface area (Å²) in [6.07, 6.45) is 7.06. The lowest BCUT2D eigenvalue weighted by atomic mass is 9.88. The van der Waals surface area contributed by atoms with Gasteiger partial charge in [-0.3, -0.25) is 4.79 Å². The lowest BCUT2D eigenvalue weighted by molar-refractivity contribution is -0.104. The maximum absolute atomic E-state index is 10.7. The van der Waals surface area contributed by atoms with Crippen LogP contribution in [0.2, 0.25) is 0 Å². The molecule has 2 aliphatic carbocycles. The van der Waals surface area contributed by atoms with Gasteiger partial charge in [-0.15, -0.1) is 0 Å². The van der Waals surface area contributed by atoms with E-state index in [0.29, 0.717) is 5.92 Å². The largest absolute Gasteiger partial charge is 0.298 e. The van der Waals surface area contributed by atoms with Crippen LogP contribution in [0.4, 0.5) is 0 Å². The molecule has 0 N–H and O–H groups in total. The maximum atomic E-state index is 10.7. The van der Waals surface area contributed by atoms with E-state index in [9.17, 15) is 4.79 Å². The molecule has 0 aliphatic heterocycles. The number of carbonyl (C=O) groups excluding carboxylic acids is 1. The van der Waals surface area contributed by atoms with Crippen LogP contribution in [-0.2, 0) is 11.2 Å². The third-order valence-corrected chi connectivity index (χ3v) is 3.35. The molecule has 0 fully saturated rings. The van der Waals surface area contributed by atoms with E-state index < -0.39 is 0 Å². The summed E-state index contributed by atoms with van der Waals surface area (Å²) in [6.45, 7) is 0. The van der Waals surface area contributed by atoms with Gasteiger partial charge in [0.1, 0.15) is 6.29 Å². The molecular formula is C14H12O. The predicted molar refractivity (Wildman–Crippen MR) is 59.7 cm³/mol. The van der Waals surface area contributed by atoms with Crippen molar-refractivity contribution in [3.63, 3.8) is 0 Å². The zero-order valence-electron chi connectivity index (χ0n) is 8.44. The van der Waals surface area contributed by atoms with Crippen LogP contribution in [-0.4, -0.2) is 6.29 Å². The lowest BCUT2D eigenvalue weighted by Crippen LogP contribution is -2.01. The molecule has 0 heterocycles. The van der Waals surface area contributed by atoms with Gasteiger partial charge in [-0.1, -0.05) is 42.0 Å². The van der Waals surface area contributed by atoms with Crippen LogP contribution in [0.5, 0.6) is 0 Å². The van der Waals surface area contributed by atoms with Crippen LogP contribution in [0.3, 0.4) is 0 Å². The normalized spacial score (nSPS) is 22.5. The fraction of sp³-hybridized carbons (Fsp3) is 0.214. The van der Waals surface area contributed by atoms with E-state index in [4.69, 9.17) is 0 Å². The molecule has 1 aromatic rings. The Hall–Kier alpha value is -1.63. The first-order valence-corrected chi connectivity index (χ1v) is 5.32. The summed E-state index contributed by atoms with van der Waals surface area (Å²) in [7, 11) is 0. The van der Waals surface area contributed by atoms with E-state index in [2.05, 4.69) is 30.3 Å². The highest BCUT2D eigenvalue weighted by Gasteiger charge is 2.27. The Labute approximate surface area is 89.1 Å². The van der Waals surface area contributed by atoms with Crippen molar-refractivity contribution in [1.82, 2.24) is 0 Å². The van der Waals surface area contributed by atoms with E-state index in [-0.39, 0.29) is 0 Å². The SMILES string of the molecule is O=CC1=CCC2C(=C1)Cc1ccccc12. The topological polar surface area (TPSA) is 17.1 Å². The molecule has 3 rings (SSSR count). The molecule has 0 saturated heterocycles. The van der Waals surface area contributed by atoms with Gasteiger partial charge in [-0.2, -0.15) is 0 Å². The average molecular weight is 196 g/mol. The summed E-state index contributed by atoms with van der Waals surface area (Å²) in [4.78, 5) is 10.7. The molecule has 1 aromatic carbocycles. The second-order valence-electron chi connectivity index (χ2n) is 4.21. The maximum Gasteiger partial charge on any atom is 0.149 e. The number of hydrogen-bond donors (Lipinski definition) is 0. The smallest absolute Gasteiger partial charge is 0.149 e. The molecule has 0 radical (unpaired) electrons. The Morgan fingerprint density at radius 1 is 1.27 bits per heavy atom. The number of carbonyl (C=O) groups is 1. The van der Waals surface area contributed by atoms with Crippen LogP contribution < -0.4 is 0 Å². The third kappa shape index (κ3) is 1.27. The molecule has 0 aromatic heterocycles. The quantitative estimate of drug-likeness (QED) is 0.631. The molecular weight excluding hydrogens is 184 g/mol. The highest BCUT2D eigenvalue weighted by Crippen LogP contribution is 2.42. The summed E-state index contributed by atoms with van der Waals surface area (Å²) in [6, 6.07) is 8.58. The van der Waals surface area contributed by atoms with Crippen molar-refractivity contribution in [2.24, 2.45) is 0 Å². The molecule has 0 spiro atoms. The zero-order valence-corrected chi connectivity index (χ0v) is 8.44. The highest BCUT2D eigenvalue weighted by molar-refractivity contribution is 5.79. The molecule has 0 bridgehead atoms. The number of benzene rings is 1. The van der Waals surface area contributed by atoms with Gasteiger partial charge in [-0.05, 0) is 24.0 Å². The lowest BCUT2D eigenvalue weighted by Gasteiger charge is -2.15. The second-order valence-corrected chi connectivity index (χ2v) is 4.21. The minimum Gasteiger partial charge on any atom is -0.298 e. The summed E-state index contributed by atoms with van der Waals surface area (Å²) in [5.74, 6) is 0.532. The first-order chi connectivity index (χ1) is 7.38. The molecule has 1 nitrogen and oxygen atoms in total. The summed E-state index contributed by atoms with van der Waals surface area (Å²) in [5.41, 5.74) is 5.12. The molecule has 1 atom stereocenters. The van der Waals surface area contributed by atoms with Crippen molar-refractivity contribution in [3.05, 3.63) is 58.7 Å². The minimum absolute atomic E-state index is 0.532. The van der Waals surface area contributed by atoms with Gasteiger partial charge in [0, 0.05) is 11.5 Å². The molecule has 15 heavy (non-hydrogen) atoms. The van der Waals surface area contributed by atoms with Gasteiger partial charge in [0.05, 0.1) is 0 Å². The van der Waals surface area contributed by atoms with Crippen molar-refractivity contribution >= 4 is 6.29 Å². The summed E-state index contributed by atoms with van der Waals surface area (Å²) >= 11 is 0. The van der Waals surface area contributed by atoms with Crippen molar-refractivity contribution in [2.45, 2.75) is 18.8 Å². The van der Waals surface area contributed by atoms with E-state index in [1.165, 1.54) is 16.7 Å². The Bertz CT molecular complexity index is 480. The van der Waals surface area contributed by atoms with Gasteiger partial charge in [-0.25, -0.2) is 0 Å². The first kappa shape index (κ1) is 8.66. The molecule has 1 unspecified atom stereocenters. The number of fused-ring (bicyclic) bond motifs is 3. The van der Waals surface area contributed by atoms with Gasteiger partial charge in [0.25, 0.3) is 0 Å². The van der Waals surface area contributed by atoms with E-state index in [1.54, 1.807) is 0 Å². The van der Waals surface area contributed by atoms with Crippen LogP contribution in [0.25, 0.3) is 0 Å². The van der Waals surface area contributed by atoms with Gasteiger partial charge in [0.15, 0.2) is 0 Å². The Morgan fingerprint density at radius 3 is 3.00 bits per heavy atom. The van der Waals surface area contributed by atoms with Crippen molar-refractivity contribution < 1.29 is 4.79 Å². The molecule has 2 aliphatic rings. The van der Waals surface area contributed by atoms with E-state index in [1.807, 2.05) is 6.08 Å². The summed E-state index contributed by atoms with van der Waals surface area (Å²) < 4.78 is 0. The van der Waals surface area contributed by atoms with Crippen molar-refractivity contribution in [3.8, 4) is 0 Å². The summed E-state index contributed by atoms with van der Waals surface area (Å²) in [5, 5.41) is 0. The number of rotatable bonds is 1. The Balaban J connectivity index is 2.05. The first-order valence-electron chi connectivity index (χ1n) is 5.32. The number of allylic oxidation sites excluding steroid dienone is 4. The fourth-order valence-electron chi connectivity index (χ4n) is 2.62. The van der Waals surface area contributed by atoms with Crippen molar-refractivity contribution in [1.29, 1.82) is 0 Å². The van der Waals surface area contributed by atoms with Crippen LogP contribution in [0.1, 0.15) is 23.5 Å². The Morgan fingerprint density at radius 2 is 2.13 bits per heavy atom. The van der Waals surface area contributed by atoms with E-state index in [0.717, 1.165) is 24.7 Å². The molecule has 74 valence electrons. The monoisotopic (exact) mass is 196 g/mol. The van der Waals surface area contributed by atoms with Crippen LogP contribution in [0, 0.1) is 0 Å².